The van der Waals surface area contributed by atoms with Gasteiger partial charge in [-0.1, -0.05) is 42.1 Å². The van der Waals surface area contributed by atoms with Gasteiger partial charge in [0.25, 0.3) is 0 Å². The molecular weight excluding hydrogens is 332 g/mol. The van der Waals surface area contributed by atoms with Gasteiger partial charge in [0, 0.05) is 10.9 Å². The topological polar surface area (TPSA) is 110 Å². The van der Waals surface area contributed by atoms with Gasteiger partial charge in [-0.3, -0.25) is 4.79 Å². The van der Waals surface area contributed by atoms with E-state index in [2.05, 4.69) is 25.5 Å². The van der Waals surface area contributed by atoms with Crippen molar-refractivity contribution in [3.05, 3.63) is 35.7 Å². The molecule has 1 unspecified atom stereocenters. The Morgan fingerprint density at radius 3 is 2.83 bits per heavy atom. The molecule has 1 aromatic carbocycles. The van der Waals surface area contributed by atoms with E-state index in [4.69, 9.17) is 5.73 Å². The molecule has 0 radical (unpaired) electrons. The van der Waals surface area contributed by atoms with Crippen molar-refractivity contribution in [3.63, 3.8) is 0 Å². The smallest absolute Gasteiger partial charge is 0.239 e. The highest BCUT2D eigenvalue weighted by atomic mass is 32.2. The number of aromatic amines is 1. The van der Waals surface area contributed by atoms with Crippen LogP contribution >= 0.6 is 23.1 Å². The fourth-order valence-corrected chi connectivity index (χ4v) is 3.26. The Hall–Kier alpha value is -2.39. The third kappa shape index (κ3) is 3.88. The minimum atomic E-state index is -0.366. The number of hydrogen-bond acceptors (Lipinski definition) is 7. The van der Waals surface area contributed by atoms with Crippen LogP contribution in [0.25, 0.3) is 11.3 Å². The van der Waals surface area contributed by atoms with Crippen LogP contribution in [0.2, 0.25) is 0 Å². The number of H-pyrrole nitrogens is 1. The Labute approximate surface area is 140 Å². The summed E-state index contributed by atoms with van der Waals surface area (Å²) < 4.78 is 0. The standard InChI is InChI=1S/C14H14N6OS2/c1-8(23-14-18-12(15)19-20-14)11(21)17-13-16-10(7-22-13)9-5-3-2-4-6-9/h2-8H,1H3,(H,16,17,21)(H3,15,18,19,20). The van der Waals surface area contributed by atoms with Gasteiger partial charge in [0.05, 0.1) is 10.9 Å². The number of thiazole rings is 1. The van der Waals surface area contributed by atoms with Crippen LogP contribution in [0.15, 0.2) is 40.9 Å². The minimum absolute atomic E-state index is 0.160. The highest BCUT2D eigenvalue weighted by Crippen LogP contribution is 2.26. The number of benzene rings is 1. The molecule has 23 heavy (non-hydrogen) atoms. The van der Waals surface area contributed by atoms with Gasteiger partial charge in [0.15, 0.2) is 5.13 Å². The van der Waals surface area contributed by atoms with Gasteiger partial charge < -0.3 is 11.1 Å². The molecular formula is C14H14N6OS2. The van der Waals surface area contributed by atoms with E-state index < -0.39 is 0 Å². The summed E-state index contributed by atoms with van der Waals surface area (Å²) in [5.74, 6) is 0.0693. The summed E-state index contributed by atoms with van der Waals surface area (Å²) in [7, 11) is 0. The lowest BCUT2D eigenvalue weighted by molar-refractivity contribution is -0.115. The lowest BCUT2D eigenvalue weighted by Crippen LogP contribution is -2.22. The first-order valence-corrected chi connectivity index (χ1v) is 8.54. The molecule has 0 spiro atoms. The molecule has 0 saturated heterocycles. The first kappa shape index (κ1) is 15.5. The predicted molar refractivity (Wildman–Crippen MR) is 92.3 cm³/mol. The molecule has 0 aliphatic rings. The maximum absolute atomic E-state index is 12.2. The summed E-state index contributed by atoms with van der Waals surface area (Å²) >= 11 is 2.62. The lowest BCUT2D eigenvalue weighted by atomic mass is 10.2. The SMILES string of the molecule is CC(Sc1n[nH]c(N)n1)C(=O)Nc1nc(-c2ccccc2)cs1. The number of carbonyl (C=O) groups is 1. The Balaban J connectivity index is 1.63. The number of thioether (sulfide) groups is 1. The second kappa shape index (κ2) is 6.80. The van der Waals surface area contributed by atoms with E-state index in [0.29, 0.717) is 10.3 Å². The van der Waals surface area contributed by atoms with Gasteiger partial charge in [0.2, 0.25) is 17.0 Å². The molecule has 118 valence electrons. The summed E-state index contributed by atoms with van der Waals surface area (Å²) in [4.78, 5) is 20.6. The zero-order valence-electron chi connectivity index (χ0n) is 12.2. The molecule has 4 N–H and O–H groups in total. The van der Waals surface area contributed by atoms with Gasteiger partial charge in [-0.25, -0.2) is 10.1 Å². The number of nitrogens with two attached hydrogens (primary N) is 1. The zero-order valence-corrected chi connectivity index (χ0v) is 13.8. The van der Waals surface area contributed by atoms with Crippen LogP contribution in [0.4, 0.5) is 11.1 Å². The van der Waals surface area contributed by atoms with Gasteiger partial charge in [-0.05, 0) is 6.92 Å². The fraction of sp³-hybridized carbons (Fsp3) is 0.143. The molecule has 3 rings (SSSR count). The molecule has 9 heteroatoms. The van der Waals surface area contributed by atoms with E-state index in [1.165, 1.54) is 23.1 Å². The number of hydrogen-bond donors (Lipinski definition) is 3. The summed E-state index contributed by atoms with van der Waals surface area (Å²) in [6.07, 6.45) is 0. The highest BCUT2D eigenvalue weighted by molar-refractivity contribution is 8.00. The number of amides is 1. The molecule has 0 aliphatic carbocycles. The van der Waals surface area contributed by atoms with Crippen molar-refractivity contribution in [2.75, 3.05) is 11.1 Å². The average molecular weight is 346 g/mol. The highest BCUT2D eigenvalue weighted by Gasteiger charge is 2.18. The Morgan fingerprint density at radius 1 is 1.35 bits per heavy atom. The zero-order chi connectivity index (χ0) is 16.2. The summed E-state index contributed by atoms with van der Waals surface area (Å²) in [6, 6.07) is 9.81. The first-order valence-electron chi connectivity index (χ1n) is 6.78. The molecule has 7 nitrogen and oxygen atoms in total. The van der Waals surface area contributed by atoms with Crippen LogP contribution in [-0.2, 0) is 4.79 Å². The molecule has 0 fully saturated rings. The van der Waals surface area contributed by atoms with E-state index in [1.807, 2.05) is 35.7 Å². The Bertz CT molecular complexity index is 800. The lowest BCUT2D eigenvalue weighted by Gasteiger charge is -2.07. The summed E-state index contributed by atoms with van der Waals surface area (Å²) in [5, 5.41) is 11.8. The minimum Gasteiger partial charge on any atom is -0.368 e. The maximum Gasteiger partial charge on any atom is 0.239 e. The maximum atomic E-state index is 12.2. The third-order valence-electron chi connectivity index (χ3n) is 2.94. The number of nitrogens with zero attached hydrogens (tertiary/aromatic N) is 3. The van der Waals surface area contributed by atoms with Crippen molar-refractivity contribution >= 4 is 40.1 Å². The monoisotopic (exact) mass is 346 g/mol. The number of nitrogens with one attached hydrogen (secondary N) is 2. The summed E-state index contributed by atoms with van der Waals surface area (Å²) in [6.45, 7) is 1.78. The average Bonchev–Trinajstić information content (AvgIpc) is 3.17. The molecule has 1 atom stereocenters. The van der Waals surface area contributed by atoms with E-state index in [1.54, 1.807) is 6.92 Å². The van der Waals surface area contributed by atoms with Crippen LogP contribution < -0.4 is 11.1 Å². The molecule has 3 aromatic rings. The molecule has 1 amide bonds. The van der Waals surface area contributed by atoms with Crippen LogP contribution in [0.5, 0.6) is 0 Å². The number of rotatable bonds is 5. The molecule has 2 heterocycles. The predicted octanol–water partition coefficient (Wildman–Crippen LogP) is 2.63. The summed E-state index contributed by atoms with van der Waals surface area (Å²) in [5.41, 5.74) is 7.32. The number of anilines is 2. The third-order valence-corrected chi connectivity index (χ3v) is 4.66. The normalized spacial score (nSPS) is 12.0. The van der Waals surface area contributed by atoms with Crippen LogP contribution in [-0.4, -0.2) is 31.3 Å². The second-order valence-corrected chi connectivity index (χ2v) is 6.82. The largest absolute Gasteiger partial charge is 0.368 e. The van der Waals surface area contributed by atoms with E-state index in [-0.39, 0.29) is 17.1 Å². The van der Waals surface area contributed by atoms with Crippen molar-refractivity contribution < 1.29 is 4.79 Å². The van der Waals surface area contributed by atoms with Gasteiger partial charge in [-0.2, -0.15) is 4.98 Å². The van der Waals surface area contributed by atoms with E-state index in [9.17, 15) is 4.79 Å². The van der Waals surface area contributed by atoms with Gasteiger partial charge in [0.1, 0.15) is 0 Å². The molecule has 2 aromatic heterocycles. The molecule has 0 saturated carbocycles. The first-order chi connectivity index (χ1) is 11.1. The van der Waals surface area contributed by atoms with E-state index >= 15 is 0 Å². The van der Waals surface area contributed by atoms with Crippen LogP contribution in [0.1, 0.15) is 6.92 Å². The number of aromatic nitrogens is 4. The quantitative estimate of drug-likeness (QED) is 0.613. The van der Waals surface area contributed by atoms with Crippen LogP contribution in [0.3, 0.4) is 0 Å². The van der Waals surface area contributed by atoms with Crippen LogP contribution in [0, 0.1) is 0 Å². The van der Waals surface area contributed by atoms with Crippen molar-refractivity contribution in [1.82, 2.24) is 20.2 Å². The van der Waals surface area contributed by atoms with Crippen molar-refractivity contribution in [1.29, 1.82) is 0 Å². The van der Waals surface area contributed by atoms with Crippen molar-refractivity contribution in [2.45, 2.75) is 17.3 Å². The van der Waals surface area contributed by atoms with Gasteiger partial charge in [-0.15, -0.1) is 16.4 Å². The number of nitrogen functional groups attached to an aromatic ring is 1. The Kier molecular flexibility index (Phi) is 4.58. The second-order valence-electron chi connectivity index (χ2n) is 4.66. The van der Waals surface area contributed by atoms with Crippen molar-refractivity contribution in [2.24, 2.45) is 0 Å². The molecule has 0 bridgehead atoms. The fourth-order valence-electron chi connectivity index (χ4n) is 1.80. The van der Waals surface area contributed by atoms with Gasteiger partial charge >= 0.3 is 0 Å². The molecule has 0 aliphatic heterocycles. The number of carbonyl (C=O) groups excluding carboxylic acids is 1. The Morgan fingerprint density at radius 2 is 2.13 bits per heavy atom. The van der Waals surface area contributed by atoms with Crippen molar-refractivity contribution in [3.8, 4) is 11.3 Å². The van der Waals surface area contributed by atoms with E-state index in [0.717, 1.165) is 11.3 Å².